The number of aliphatic carboxylic acids is 1. The second-order valence-corrected chi connectivity index (χ2v) is 11.0. The minimum Gasteiger partial charge on any atom is -0.495 e. The quantitative estimate of drug-likeness (QED) is 0.327. The Morgan fingerprint density at radius 2 is 1.92 bits per heavy atom. The molecule has 2 saturated heterocycles. The SMILES string of the molecule is COc1ccccc1S(=O)(=O)NC(CNC(=O)C1CCCN(C(=O)CCC2CCNCC2)C1)C(=O)O. The Balaban J connectivity index is 1.52. The summed E-state index contributed by atoms with van der Waals surface area (Å²) in [6, 6.07) is 4.27. The maximum Gasteiger partial charge on any atom is 0.323 e. The highest BCUT2D eigenvalue weighted by Gasteiger charge is 2.31. The topological polar surface area (TPSA) is 154 Å². The van der Waals surface area contributed by atoms with Crippen molar-refractivity contribution in [3.63, 3.8) is 0 Å². The van der Waals surface area contributed by atoms with Crippen molar-refractivity contribution in [2.75, 3.05) is 39.8 Å². The molecule has 12 heteroatoms. The van der Waals surface area contributed by atoms with Crippen molar-refractivity contribution in [1.82, 2.24) is 20.3 Å². The summed E-state index contributed by atoms with van der Waals surface area (Å²) >= 11 is 0. The number of carboxylic acid groups (broad SMARTS) is 1. The molecule has 2 aliphatic heterocycles. The monoisotopic (exact) mass is 524 g/mol. The molecule has 2 fully saturated rings. The van der Waals surface area contributed by atoms with E-state index in [1.165, 1.54) is 25.3 Å². The van der Waals surface area contributed by atoms with Gasteiger partial charge >= 0.3 is 5.97 Å². The summed E-state index contributed by atoms with van der Waals surface area (Å²) in [5, 5.41) is 15.4. The Kier molecular flexibility index (Phi) is 10.1. The first-order valence-electron chi connectivity index (χ1n) is 12.4. The zero-order valence-corrected chi connectivity index (χ0v) is 21.4. The van der Waals surface area contributed by atoms with E-state index in [0.717, 1.165) is 32.4 Å². The van der Waals surface area contributed by atoms with Gasteiger partial charge in [-0.05, 0) is 63.2 Å². The molecule has 2 aliphatic rings. The standard InChI is InChI=1S/C24H36N4O7S/c1-35-20-6-2-3-7-21(20)36(33,34)27-19(24(31)32)15-26-23(30)18-5-4-14-28(16-18)22(29)9-8-17-10-12-25-13-11-17/h2-3,6-7,17-19,25,27H,4-5,8-16H2,1H3,(H,26,30)(H,31,32). The van der Waals surface area contributed by atoms with Gasteiger partial charge in [0.15, 0.2) is 0 Å². The summed E-state index contributed by atoms with van der Waals surface area (Å²) in [4.78, 5) is 38.8. The van der Waals surface area contributed by atoms with Gasteiger partial charge in [-0.3, -0.25) is 14.4 Å². The minimum atomic E-state index is -4.22. The van der Waals surface area contributed by atoms with E-state index in [0.29, 0.717) is 31.7 Å². The molecule has 1 aromatic carbocycles. The lowest BCUT2D eigenvalue weighted by atomic mass is 9.92. The molecule has 0 aliphatic carbocycles. The van der Waals surface area contributed by atoms with Gasteiger partial charge in [0, 0.05) is 26.1 Å². The Hall–Kier alpha value is -2.70. The normalized spacial score (nSPS) is 19.9. The van der Waals surface area contributed by atoms with Crippen LogP contribution in [-0.2, 0) is 24.4 Å². The molecular weight excluding hydrogens is 488 g/mol. The Labute approximate surface area is 212 Å². The molecule has 11 nitrogen and oxygen atoms in total. The molecule has 0 aromatic heterocycles. The number of amides is 2. The van der Waals surface area contributed by atoms with Crippen LogP contribution in [0.25, 0.3) is 0 Å². The van der Waals surface area contributed by atoms with Crippen molar-refractivity contribution in [3.05, 3.63) is 24.3 Å². The summed E-state index contributed by atoms with van der Waals surface area (Å²) in [5.74, 6) is -1.63. The maximum absolute atomic E-state index is 12.8. The summed E-state index contributed by atoms with van der Waals surface area (Å²) in [6.45, 7) is 2.42. The van der Waals surface area contributed by atoms with E-state index in [1.54, 1.807) is 11.0 Å². The van der Waals surface area contributed by atoms with Crippen LogP contribution in [-0.4, -0.2) is 82.1 Å². The predicted molar refractivity (Wildman–Crippen MR) is 132 cm³/mol. The van der Waals surface area contributed by atoms with Gasteiger partial charge in [0.2, 0.25) is 21.8 Å². The lowest BCUT2D eigenvalue weighted by Crippen LogP contribution is -2.51. The second-order valence-electron chi connectivity index (χ2n) is 9.32. The molecule has 2 heterocycles. The molecule has 200 valence electrons. The predicted octanol–water partition coefficient (Wildman–Crippen LogP) is 0.561. The summed E-state index contributed by atoms with van der Waals surface area (Å²) in [5.41, 5.74) is 0. The van der Waals surface area contributed by atoms with Crippen molar-refractivity contribution < 1.29 is 32.6 Å². The van der Waals surface area contributed by atoms with E-state index in [-0.39, 0.29) is 23.1 Å². The summed E-state index contributed by atoms with van der Waals surface area (Å²) < 4.78 is 32.7. The van der Waals surface area contributed by atoms with Crippen LogP contribution in [0.5, 0.6) is 5.75 Å². The first-order valence-corrected chi connectivity index (χ1v) is 13.8. The third-order valence-corrected chi connectivity index (χ3v) is 8.32. The number of methoxy groups -OCH3 is 1. The van der Waals surface area contributed by atoms with Gasteiger partial charge < -0.3 is 25.4 Å². The number of hydrogen-bond acceptors (Lipinski definition) is 7. The Morgan fingerprint density at radius 1 is 1.19 bits per heavy atom. The number of benzene rings is 1. The Morgan fingerprint density at radius 3 is 2.61 bits per heavy atom. The van der Waals surface area contributed by atoms with E-state index in [2.05, 4.69) is 15.4 Å². The van der Waals surface area contributed by atoms with Crippen molar-refractivity contribution in [2.45, 2.75) is 49.5 Å². The molecule has 3 rings (SSSR count). The average Bonchev–Trinajstić information content (AvgIpc) is 2.89. The van der Waals surface area contributed by atoms with Crippen LogP contribution in [0, 0.1) is 11.8 Å². The first-order chi connectivity index (χ1) is 17.2. The number of carboxylic acids is 1. The molecule has 4 N–H and O–H groups in total. The number of likely N-dealkylation sites (tertiary alicyclic amines) is 1. The van der Waals surface area contributed by atoms with Crippen molar-refractivity contribution in [1.29, 1.82) is 0 Å². The van der Waals surface area contributed by atoms with Gasteiger partial charge in [-0.15, -0.1) is 0 Å². The van der Waals surface area contributed by atoms with Crippen LogP contribution >= 0.6 is 0 Å². The number of carbonyl (C=O) groups is 3. The van der Waals surface area contributed by atoms with Crippen molar-refractivity contribution in [2.24, 2.45) is 11.8 Å². The maximum atomic E-state index is 12.8. The molecule has 1 aromatic rings. The fourth-order valence-electron chi connectivity index (χ4n) is 4.69. The number of piperidine rings is 2. The molecule has 2 amide bonds. The molecular formula is C24H36N4O7S. The van der Waals surface area contributed by atoms with E-state index < -0.39 is 40.4 Å². The lowest BCUT2D eigenvalue weighted by Gasteiger charge is -2.33. The number of ether oxygens (including phenoxy) is 1. The third kappa shape index (κ3) is 7.65. The second kappa shape index (κ2) is 13.0. The average molecular weight is 525 g/mol. The van der Waals surface area contributed by atoms with E-state index in [9.17, 15) is 27.9 Å². The van der Waals surface area contributed by atoms with E-state index >= 15 is 0 Å². The van der Waals surface area contributed by atoms with Gasteiger partial charge in [-0.25, -0.2) is 8.42 Å². The summed E-state index contributed by atoms with van der Waals surface area (Å²) in [7, 11) is -2.91. The number of carbonyl (C=O) groups excluding carboxylic acids is 2. The minimum absolute atomic E-state index is 0.0408. The van der Waals surface area contributed by atoms with Crippen molar-refractivity contribution in [3.8, 4) is 5.75 Å². The smallest absolute Gasteiger partial charge is 0.323 e. The first kappa shape index (κ1) is 27.9. The van der Waals surface area contributed by atoms with Crippen LogP contribution < -0.4 is 20.1 Å². The number of para-hydroxylation sites is 1. The highest BCUT2D eigenvalue weighted by Crippen LogP contribution is 2.23. The van der Waals surface area contributed by atoms with Crippen LogP contribution in [0.2, 0.25) is 0 Å². The zero-order chi connectivity index (χ0) is 26.1. The molecule has 0 spiro atoms. The number of nitrogens with one attached hydrogen (secondary N) is 3. The fourth-order valence-corrected chi connectivity index (χ4v) is 6.05. The largest absolute Gasteiger partial charge is 0.495 e. The van der Waals surface area contributed by atoms with E-state index in [4.69, 9.17) is 4.74 Å². The number of hydrogen-bond donors (Lipinski definition) is 4. The highest BCUT2D eigenvalue weighted by atomic mass is 32.2. The van der Waals surface area contributed by atoms with Gasteiger partial charge in [0.05, 0.1) is 13.0 Å². The molecule has 0 bridgehead atoms. The molecule has 2 unspecified atom stereocenters. The molecule has 2 atom stereocenters. The van der Waals surface area contributed by atoms with Gasteiger partial charge in [0.1, 0.15) is 16.7 Å². The number of nitrogens with zero attached hydrogens (tertiary/aromatic N) is 1. The van der Waals surface area contributed by atoms with Crippen LogP contribution in [0.4, 0.5) is 0 Å². The third-order valence-electron chi connectivity index (χ3n) is 6.80. The number of sulfonamides is 1. The molecule has 0 radical (unpaired) electrons. The Bertz CT molecular complexity index is 1030. The fraction of sp³-hybridized carbons (Fsp3) is 0.625. The van der Waals surface area contributed by atoms with Gasteiger partial charge in [-0.1, -0.05) is 12.1 Å². The molecule has 0 saturated carbocycles. The summed E-state index contributed by atoms with van der Waals surface area (Å²) in [6.07, 6.45) is 4.72. The molecule has 36 heavy (non-hydrogen) atoms. The van der Waals surface area contributed by atoms with Gasteiger partial charge in [0.25, 0.3) is 0 Å². The highest BCUT2D eigenvalue weighted by molar-refractivity contribution is 7.89. The van der Waals surface area contributed by atoms with Crippen LogP contribution in [0.1, 0.15) is 38.5 Å². The van der Waals surface area contributed by atoms with Crippen LogP contribution in [0.15, 0.2) is 29.2 Å². The van der Waals surface area contributed by atoms with Crippen LogP contribution in [0.3, 0.4) is 0 Å². The van der Waals surface area contributed by atoms with E-state index in [1.807, 2.05) is 0 Å². The van der Waals surface area contributed by atoms with Gasteiger partial charge in [-0.2, -0.15) is 4.72 Å². The van der Waals surface area contributed by atoms with Crippen molar-refractivity contribution >= 4 is 27.8 Å². The zero-order valence-electron chi connectivity index (χ0n) is 20.6. The number of rotatable bonds is 11. The lowest BCUT2D eigenvalue weighted by molar-refractivity contribution is -0.139.